The van der Waals surface area contributed by atoms with Crippen molar-refractivity contribution in [3.05, 3.63) is 35.9 Å². The highest BCUT2D eigenvalue weighted by atomic mass is 35.5. The van der Waals surface area contributed by atoms with Crippen LogP contribution in [0.15, 0.2) is 30.3 Å². The van der Waals surface area contributed by atoms with Gasteiger partial charge in [-0.1, -0.05) is 30.3 Å². The minimum Gasteiger partial charge on any atom is -0.480 e. The summed E-state index contributed by atoms with van der Waals surface area (Å²) >= 11 is 0. The summed E-state index contributed by atoms with van der Waals surface area (Å²) < 4.78 is 5.01. The summed E-state index contributed by atoms with van der Waals surface area (Å²) in [6, 6.07) is 9.15. The predicted molar refractivity (Wildman–Crippen MR) is 72.1 cm³/mol. The second-order valence-corrected chi connectivity index (χ2v) is 3.64. The van der Waals surface area contributed by atoms with E-state index >= 15 is 0 Å². The molecule has 0 unspecified atom stereocenters. The fourth-order valence-corrected chi connectivity index (χ4v) is 1.36. The summed E-state index contributed by atoms with van der Waals surface area (Å²) in [6.07, 6.45) is -0.674. The monoisotopic (exact) mass is 288 g/mol. The van der Waals surface area contributed by atoms with Gasteiger partial charge in [-0.2, -0.15) is 0 Å². The van der Waals surface area contributed by atoms with Crippen molar-refractivity contribution in [1.82, 2.24) is 4.90 Å². The molecule has 1 rings (SSSR count). The van der Waals surface area contributed by atoms with Crippen LogP contribution in [0.2, 0.25) is 0 Å². The summed E-state index contributed by atoms with van der Waals surface area (Å²) in [6.45, 7) is 0.0405. The molecule has 0 aromatic heterocycles. The molecule has 0 saturated carbocycles. The predicted octanol–water partition coefficient (Wildman–Crippen LogP) is 1.09. The molecule has 1 aromatic carbocycles. The number of amides is 1. The molecule has 6 nitrogen and oxygen atoms in total. The van der Waals surface area contributed by atoms with Gasteiger partial charge >= 0.3 is 12.1 Å². The smallest absolute Gasteiger partial charge is 0.410 e. The lowest BCUT2D eigenvalue weighted by Gasteiger charge is -2.19. The van der Waals surface area contributed by atoms with Crippen molar-refractivity contribution >= 4 is 24.5 Å². The van der Waals surface area contributed by atoms with Gasteiger partial charge in [-0.3, -0.25) is 9.69 Å². The zero-order valence-corrected chi connectivity index (χ0v) is 11.1. The van der Waals surface area contributed by atoms with Gasteiger partial charge in [0.2, 0.25) is 0 Å². The zero-order chi connectivity index (χ0) is 13.4. The van der Waals surface area contributed by atoms with Crippen LogP contribution < -0.4 is 5.73 Å². The van der Waals surface area contributed by atoms with E-state index in [-0.39, 0.29) is 32.1 Å². The molecule has 7 heteroatoms. The van der Waals surface area contributed by atoms with Crippen molar-refractivity contribution < 1.29 is 19.4 Å². The molecule has 0 radical (unpaired) electrons. The summed E-state index contributed by atoms with van der Waals surface area (Å²) in [7, 11) is 0. The van der Waals surface area contributed by atoms with Gasteiger partial charge in [-0.05, 0) is 5.56 Å². The Labute approximate surface area is 117 Å². The molecular weight excluding hydrogens is 272 g/mol. The van der Waals surface area contributed by atoms with E-state index in [1.165, 1.54) is 0 Å². The van der Waals surface area contributed by atoms with Gasteiger partial charge < -0.3 is 15.6 Å². The van der Waals surface area contributed by atoms with E-state index < -0.39 is 18.6 Å². The number of ether oxygens (including phenoxy) is 1. The maximum absolute atomic E-state index is 11.6. The Bertz CT molecular complexity index is 400. The number of rotatable bonds is 6. The second-order valence-electron chi connectivity index (χ2n) is 3.64. The van der Waals surface area contributed by atoms with Gasteiger partial charge in [0.05, 0.1) is 0 Å². The number of hydrogen-bond donors (Lipinski definition) is 2. The first kappa shape index (κ1) is 17.2. The van der Waals surface area contributed by atoms with Gasteiger partial charge in [-0.15, -0.1) is 12.4 Å². The molecule has 0 aliphatic carbocycles. The van der Waals surface area contributed by atoms with Crippen LogP contribution in [0.25, 0.3) is 0 Å². The standard InChI is InChI=1S/C12H16N2O4.ClH/c13-6-7-14(8-11(15)16)12(17)18-9-10-4-2-1-3-5-10;/h1-5H,6-9,13H2,(H,15,16);1H. The quantitative estimate of drug-likeness (QED) is 0.817. The van der Waals surface area contributed by atoms with E-state index in [9.17, 15) is 9.59 Å². The fourth-order valence-electron chi connectivity index (χ4n) is 1.36. The summed E-state index contributed by atoms with van der Waals surface area (Å²) in [5.41, 5.74) is 6.15. The molecule has 0 spiro atoms. The normalized spacial score (nSPS) is 9.32. The number of carboxylic acid groups (broad SMARTS) is 1. The van der Waals surface area contributed by atoms with Gasteiger partial charge in [0.15, 0.2) is 0 Å². The molecule has 0 fully saturated rings. The topological polar surface area (TPSA) is 92.9 Å². The van der Waals surface area contributed by atoms with Crippen molar-refractivity contribution in [2.45, 2.75) is 6.61 Å². The van der Waals surface area contributed by atoms with Crippen molar-refractivity contribution in [2.24, 2.45) is 5.73 Å². The molecule has 0 heterocycles. The Hall–Kier alpha value is -1.79. The number of nitrogens with two attached hydrogens (primary N) is 1. The Kier molecular flexibility index (Phi) is 8.32. The minimum atomic E-state index is -1.10. The number of halogens is 1. The van der Waals surface area contributed by atoms with Crippen LogP contribution in [0.5, 0.6) is 0 Å². The lowest BCUT2D eigenvalue weighted by atomic mass is 10.2. The Morgan fingerprint density at radius 2 is 1.89 bits per heavy atom. The van der Waals surface area contributed by atoms with E-state index in [1.807, 2.05) is 30.3 Å². The third kappa shape index (κ3) is 6.64. The van der Waals surface area contributed by atoms with Gasteiger partial charge in [0.25, 0.3) is 0 Å². The third-order valence-corrected chi connectivity index (χ3v) is 2.19. The molecule has 106 valence electrons. The molecule has 0 aliphatic rings. The van der Waals surface area contributed by atoms with E-state index in [0.29, 0.717) is 0 Å². The molecule has 1 aromatic rings. The van der Waals surface area contributed by atoms with Crippen LogP contribution in [-0.4, -0.2) is 41.7 Å². The van der Waals surface area contributed by atoms with Crippen molar-refractivity contribution in [2.75, 3.05) is 19.6 Å². The lowest BCUT2D eigenvalue weighted by molar-refractivity contribution is -0.138. The summed E-state index contributed by atoms with van der Waals surface area (Å²) in [5.74, 6) is -1.10. The Morgan fingerprint density at radius 3 is 2.42 bits per heavy atom. The number of carboxylic acids is 1. The third-order valence-electron chi connectivity index (χ3n) is 2.19. The van der Waals surface area contributed by atoms with Gasteiger partial charge in [-0.25, -0.2) is 4.79 Å². The maximum atomic E-state index is 11.6. The van der Waals surface area contributed by atoms with Crippen molar-refractivity contribution in [3.63, 3.8) is 0 Å². The highest BCUT2D eigenvalue weighted by Gasteiger charge is 2.17. The fraction of sp³-hybridized carbons (Fsp3) is 0.333. The Morgan fingerprint density at radius 1 is 1.26 bits per heavy atom. The average molecular weight is 289 g/mol. The van der Waals surface area contributed by atoms with E-state index in [4.69, 9.17) is 15.6 Å². The number of carbonyl (C=O) groups excluding carboxylic acids is 1. The number of benzene rings is 1. The zero-order valence-electron chi connectivity index (χ0n) is 10.3. The minimum absolute atomic E-state index is 0. The van der Waals surface area contributed by atoms with Gasteiger partial charge in [0, 0.05) is 13.1 Å². The van der Waals surface area contributed by atoms with Crippen molar-refractivity contribution in [1.29, 1.82) is 0 Å². The molecule has 1 amide bonds. The number of carbonyl (C=O) groups is 2. The van der Waals surface area contributed by atoms with Crippen LogP contribution in [-0.2, 0) is 16.1 Å². The van der Waals surface area contributed by atoms with Crippen LogP contribution in [0, 0.1) is 0 Å². The lowest BCUT2D eigenvalue weighted by Crippen LogP contribution is -2.39. The van der Waals surface area contributed by atoms with Gasteiger partial charge in [0.1, 0.15) is 13.2 Å². The highest BCUT2D eigenvalue weighted by molar-refractivity contribution is 5.85. The first-order valence-electron chi connectivity index (χ1n) is 5.51. The molecular formula is C12H17ClN2O4. The summed E-state index contributed by atoms with van der Waals surface area (Å²) in [4.78, 5) is 23.3. The number of aliphatic carboxylic acids is 1. The maximum Gasteiger partial charge on any atom is 0.410 e. The van der Waals surface area contributed by atoms with Crippen LogP contribution >= 0.6 is 12.4 Å². The largest absolute Gasteiger partial charge is 0.480 e. The molecule has 0 atom stereocenters. The molecule has 0 bridgehead atoms. The van der Waals surface area contributed by atoms with Crippen molar-refractivity contribution in [3.8, 4) is 0 Å². The van der Waals surface area contributed by atoms with E-state index in [0.717, 1.165) is 10.5 Å². The van der Waals surface area contributed by atoms with E-state index in [2.05, 4.69) is 0 Å². The van der Waals surface area contributed by atoms with Crippen LogP contribution in [0.3, 0.4) is 0 Å². The van der Waals surface area contributed by atoms with Crippen LogP contribution in [0.1, 0.15) is 5.56 Å². The van der Waals surface area contributed by atoms with Crippen LogP contribution in [0.4, 0.5) is 4.79 Å². The molecule has 3 N–H and O–H groups in total. The first-order valence-corrected chi connectivity index (χ1v) is 5.51. The molecule has 19 heavy (non-hydrogen) atoms. The molecule has 0 aliphatic heterocycles. The molecule has 0 saturated heterocycles. The van der Waals surface area contributed by atoms with E-state index in [1.54, 1.807) is 0 Å². The number of nitrogens with zero attached hydrogens (tertiary/aromatic N) is 1. The second kappa shape index (κ2) is 9.18. The SMILES string of the molecule is Cl.NCCN(CC(=O)O)C(=O)OCc1ccccc1. The Balaban J connectivity index is 0.00000324. The number of hydrogen-bond acceptors (Lipinski definition) is 4. The highest BCUT2D eigenvalue weighted by Crippen LogP contribution is 2.03. The first-order chi connectivity index (χ1) is 8.63. The summed E-state index contributed by atoms with van der Waals surface area (Å²) in [5, 5.41) is 8.65. The average Bonchev–Trinajstić information content (AvgIpc) is 2.36.